The van der Waals surface area contributed by atoms with Crippen LogP contribution in [0, 0.1) is 11.8 Å². The zero-order valence-corrected chi connectivity index (χ0v) is 13.4. The van der Waals surface area contributed by atoms with E-state index in [1.807, 2.05) is 6.26 Å². The topological polar surface area (TPSA) is 49.3 Å². The number of rotatable bonds is 7. The van der Waals surface area contributed by atoms with Crippen LogP contribution >= 0.6 is 11.8 Å². The van der Waals surface area contributed by atoms with Crippen LogP contribution in [0.3, 0.4) is 0 Å². The van der Waals surface area contributed by atoms with Crippen molar-refractivity contribution in [3.63, 3.8) is 0 Å². The molecule has 0 aromatic carbocycles. The van der Waals surface area contributed by atoms with Gasteiger partial charge in [0.2, 0.25) is 5.91 Å². The minimum absolute atomic E-state index is 0.0828. The first kappa shape index (κ1) is 16.8. The molecule has 1 fully saturated rings. The van der Waals surface area contributed by atoms with Gasteiger partial charge in [0.1, 0.15) is 0 Å². The lowest BCUT2D eigenvalue weighted by molar-refractivity contribution is -0.123. The molecule has 1 aliphatic rings. The molecule has 0 saturated heterocycles. The smallest absolute Gasteiger partial charge is 0.220 e. The van der Waals surface area contributed by atoms with Crippen molar-refractivity contribution in [2.24, 2.45) is 11.8 Å². The van der Waals surface area contributed by atoms with Gasteiger partial charge < -0.3 is 10.4 Å². The number of hydrogen-bond acceptors (Lipinski definition) is 3. The zero-order chi connectivity index (χ0) is 14.3. The second-order valence-electron chi connectivity index (χ2n) is 6.29. The van der Waals surface area contributed by atoms with Crippen LogP contribution < -0.4 is 5.32 Å². The molecule has 1 aliphatic carbocycles. The summed E-state index contributed by atoms with van der Waals surface area (Å²) in [5.41, 5.74) is -0.802. The van der Waals surface area contributed by atoms with Gasteiger partial charge in [0.15, 0.2) is 0 Å². The van der Waals surface area contributed by atoms with Crippen molar-refractivity contribution in [1.82, 2.24) is 5.32 Å². The number of carbonyl (C=O) groups excluding carboxylic acids is 1. The summed E-state index contributed by atoms with van der Waals surface area (Å²) in [5.74, 6) is 1.90. The molecule has 0 aromatic rings. The first-order valence-corrected chi connectivity index (χ1v) is 8.82. The molecule has 112 valence electrons. The fourth-order valence-corrected chi connectivity index (χ4v) is 3.61. The molecule has 4 heteroatoms. The average molecular weight is 287 g/mol. The number of aliphatic hydroxyl groups is 1. The molecule has 3 nitrogen and oxygen atoms in total. The Morgan fingerprint density at radius 2 is 2.05 bits per heavy atom. The molecule has 2 N–H and O–H groups in total. The number of hydrogen-bond donors (Lipinski definition) is 2. The molecule has 2 unspecified atom stereocenters. The van der Waals surface area contributed by atoms with Crippen LogP contribution in [0.2, 0.25) is 0 Å². The van der Waals surface area contributed by atoms with Crippen molar-refractivity contribution in [1.29, 1.82) is 0 Å². The first-order chi connectivity index (χ1) is 8.94. The van der Waals surface area contributed by atoms with Gasteiger partial charge in [-0.1, -0.05) is 39.0 Å². The third-order valence-corrected chi connectivity index (χ3v) is 4.99. The Bertz CT molecular complexity index is 275. The summed E-state index contributed by atoms with van der Waals surface area (Å²) in [5, 5.41) is 12.9. The molecule has 0 aliphatic heterocycles. The van der Waals surface area contributed by atoms with E-state index in [0.717, 1.165) is 0 Å². The molecule has 1 saturated carbocycles. The van der Waals surface area contributed by atoms with Crippen LogP contribution in [0.5, 0.6) is 0 Å². The van der Waals surface area contributed by atoms with Gasteiger partial charge in [-0.25, -0.2) is 0 Å². The number of thioether (sulfide) groups is 1. The standard InChI is InChI=1S/C15H29NO2S/c1-12(13-7-5-4-6-8-13)9-14(17)16-10-15(2,18)11-19-3/h12-13,18H,4-11H2,1-3H3,(H,16,17). The molecule has 19 heavy (non-hydrogen) atoms. The average Bonchev–Trinajstić information content (AvgIpc) is 2.37. The second kappa shape index (κ2) is 8.15. The fourth-order valence-electron chi connectivity index (χ4n) is 2.89. The number of amides is 1. The molecular formula is C15H29NO2S. The number of nitrogens with one attached hydrogen (secondary N) is 1. The molecule has 2 atom stereocenters. The summed E-state index contributed by atoms with van der Waals surface area (Å²) >= 11 is 1.60. The SMILES string of the molecule is CSCC(C)(O)CNC(=O)CC(C)C1CCCCC1. The Labute approximate surface area is 121 Å². The predicted molar refractivity (Wildman–Crippen MR) is 82.4 cm³/mol. The van der Waals surface area contributed by atoms with E-state index in [2.05, 4.69) is 12.2 Å². The minimum Gasteiger partial charge on any atom is -0.387 e. The lowest BCUT2D eigenvalue weighted by atomic mass is 9.79. The van der Waals surface area contributed by atoms with Crippen molar-refractivity contribution >= 4 is 17.7 Å². The summed E-state index contributed by atoms with van der Waals surface area (Å²) in [6.45, 7) is 4.31. The van der Waals surface area contributed by atoms with Crippen molar-refractivity contribution in [3.8, 4) is 0 Å². The highest BCUT2D eigenvalue weighted by atomic mass is 32.2. The van der Waals surface area contributed by atoms with Crippen LogP contribution in [0.15, 0.2) is 0 Å². The van der Waals surface area contributed by atoms with E-state index in [9.17, 15) is 9.90 Å². The summed E-state index contributed by atoms with van der Waals surface area (Å²) in [6, 6.07) is 0. The van der Waals surface area contributed by atoms with Crippen LogP contribution in [-0.4, -0.2) is 35.2 Å². The highest BCUT2D eigenvalue weighted by Gasteiger charge is 2.24. The Morgan fingerprint density at radius 1 is 1.42 bits per heavy atom. The summed E-state index contributed by atoms with van der Waals surface area (Å²) in [4.78, 5) is 11.9. The number of carbonyl (C=O) groups is 1. The Balaban J connectivity index is 2.26. The monoisotopic (exact) mass is 287 g/mol. The fraction of sp³-hybridized carbons (Fsp3) is 0.933. The van der Waals surface area contributed by atoms with E-state index < -0.39 is 5.60 Å². The van der Waals surface area contributed by atoms with E-state index in [-0.39, 0.29) is 5.91 Å². The van der Waals surface area contributed by atoms with Gasteiger partial charge in [-0.05, 0) is 25.0 Å². The normalized spacial score (nSPS) is 21.7. The van der Waals surface area contributed by atoms with Crippen LogP contribution in [0.25, 0.3) is 0 Å². The lowest BCUT2D eigenvalue weighted by Crippen LogP contribution is -2.43. The van der Waals surface area contributed by atoms with E-state index in [0.29, 0.717) is 30.6 Å². The maximum Gasteiger partial charge on any atom is 0.220 e. The quantitative estimate of drug-likeness (QED) is 0.757. The van der Waals surface area contributed by atoms with E-state index >= 15 is 0 Å². The van der Waals surface area contributed by atoms with Gasteiger partial charge in [0.05, 0.1) is 5.60 Å². The molecule has 0 spiro atoms. The van der Waals surface area contributed by atoms with E-state index in [1.165, 1.54) is 32.1 Å². The largest absolute Gasteiger partial charge is 0.387 e. The van der Waals surface area contributed by atoms with Crippen LogP contribution in [0.1, 0.15) is 52.4 Å². The van der Waals surface area contributed by atoms with Crippen molar-refractivity contribution in [3.05, 3.63) is 0 Å². The highest BCUT2D eigenvalue weighted by Crippen LogP contribution is 2.31. The van der Waals surface area contributed by atoms with Gasteiger partial charge >= 0.3 is 0 Å². The van der Waals surface area contributed by atoms with Crippen LogP contribution in [0.4, 0.5) is 0 Å². The molecule has 0 heterocycles. The molecule has 0 aromatic heterocycles. The lowest BCUT2D eigenvalue weighted by Gasteiger charge is -2.28. The van der Waals surface area contributed by atoms with Gasteiger partial charge in [-0.2, -0.15) is 11.8 Å². The second-order valence-corrected chi connectivity index (χ2v) is 7.15. The van der Waals surface area contributed by atoms with Crippen molar-refractivity contribution < 1.29 is 9.90 Å². The summed E-state index contributed by atoms with van der Waals surface area (Å²) in [6.07, 6.45) is 9.10. The predicted octanol–water partition coefficient (Wildman–Crippen LogP) is 2.82. The zero-order valence-electron chi connectivity index (χ0n) is 12.6. The third kappa shape index (κ3) is 6.66. The van der Waals surface area contributed by atoms with Gasteiger partial charge in [0, 0.05) is 18.7 Å². The van der Waals surface area contributed by atoms with Gasteiger partial charge in [0.25, 0.3) is 0 Å². The Hall–Kier alpha value is -0.220. The molecule has 1 amide bonds. The Morgan fingerprint density at radius 3 is 2.63 bits per heavy atom. The van der Waals surface area contributed by atoms with Crippen molar-refractivity contribution in [2.75, 3.05) is 18.6 Å². The molecular weight excluding hydrogens is 258 g/mol. The van der Waals surface area contributed by atoms with Crippen molar-refractivity contribution in [2.45, 2.75) is 58.0 Å². The summed E-state index contributed by atoms with van der Waals surface area (Å²) < 4.78 is 0. The van der Waals surface area contributed by atoms with Gasteiger partial charge in [-0.3, -0.25) is 4.79 Å². The highest BCUT2D eigenvalue weighted by molar-refractivity contribution is 7.98. The maximum atomic E-state index is 11.9. The summed E-state index contributed by atoms with van der Waals surface area (Å²) in [7, 11) is 0. The molecule has 1 rings (SSSR count). The van der Waals surface area contributed by atoms with Crippen LogP contribution in [-0.2, 0) is 4.79 Å². The van der Waals surface area contributed by atoms with Gasteiger partial charge in [-0.15, -0.1) is 0 Å². The molecule has 0 bridgehead atoms. The third-order valence-electron chi connectivity index (χ3n) is 4.08. The minimum atomic E-state index is -0.802. The van der Waals surface area contributed by atoms with E-state index in [4.69, 9.17) is 0 Å². The Kier molecular flexibility index (Phi) is 7.22. The molecule has 0 radical (unpaired) electrons. The maximum absolute atomic E-state index is 11.9. The first-order valence-electron chi connectivity index (χ1n) is 7.42. The van der Waals surface area contributed by atoms with E-state index in [1.54, 1.807) is 18.7 Å².